The normalized spacial score (nSPS) is 12.7. The number of likely N-dealkylation sites (N-methyl/N-ethyl adjacent to an activating group) is 1. The summed E-state index contributed by atoms with van der Waals surface area (Å²) in [6, 6.07) is 4.71. The number of hydrogen-bond acceptors (Lipinski definition) is 7. The average Bonchev–Trinajstić information content (AvgIpc) is 2.96. The van der Waals surface area contributed by atoms with Crippen molar-refractivity contribution < 1.29 is 24.5 Å². The number of phenolic OH excluding ortho intramolecular Hbond substituents is 1. The van der Waals surface area contributed by atoms with Gasteiger partial charge in [0.15, 0.2) is 0 Å². The molecule has 9 heteroatoms. The third-order valence-electron chi connectivity index (χ3n) is 3.92. The quantitative estimate of drug-likeness (QED) is 0.515. The van der Waals surface area contributed by atoms with Crippen molar-refractivity contribution in [2.45, 2.75) is 32.4 Å². The Kier molecular flexibility index (Phi) is 8.56. The summed E-state index contributed by atoms with van der Waals surface area (Å²) in [4.78, 5) is 16.5. The van der Waals surface area contributed by atoms with Crippen molar-refractivity contribution in [1.82, 2.24) is 15.2 Å². The molecule has 8 nitrogen and oxygen atoms in total. The zero-order valence-corrected chi connectivity index (χ0v) is 17.7. The number of carbonyl (C=O) groups is 1. The molecule has 0 amide bonds. The number of fused-ring (bicyclic) bond motifs is 1. The Balaban J connectivity index is 0.00000392. The maximum Gasteiger partial charge on any atom is 0.515 e. The molecule has 4 N–H and O–H groups in total. The topological polar surface area (TPSA) is 107 Å². The molecule has 28 heavy (non-hydrogen) atoms. The van der Waals surface area contributed by atoms with Gasteiger partial charge in [0, 0.05) is 30.1 Å². The summed E-state index contributed by atoms with van der Waals surface area (Å²) in [5.41, 5.74) is 0.866. The van der Waals surface area contributed by atoms with E-state index in [4.69, 9.17) is 9.47 Å². The van der Waals surface area contributed by atoms with E-state index in [0.717, 1.165) is 0 Å². The third kappa shape index (κ3) is 6.87. The minimum atomic E-state index is -0.834. The van der Waals surface area contributed by atoms with E-state index in [-0.39, 0.29) is 36.2 Å². The summed E-state index contributed by atoms with van der Waals surface area (Å²) in [7, 11) is 3.74. The number of H-pyrrole nitrogens is 1. The highest BCUT2D eigenvalue weighted by Crippen LogP contribution is 2.33. The highest BCUT2D eigenvalue weighted by Gasteiger charge is 2.19. The van der Waals surface area contributed by atoms with Gasteiger partial charge in [-0.15, -0.1) is 12.4 Å². The summed E-state index contributed by atoms with van der Waals surface area (Å²) in [5, 5.41) is 24.4. The second-order valence-corrected chi connectivity index (χ2v) is 7.75. The number of benzene rings is 1. The predicted molar refractivity (Wildman–Crippen MR) is 110 cm³/mol. The number of phenols is 1. The molecule has 0 saturated heterocycles. The maximum atomic E-state index is 11.8. The molecule has 0 fully saturated rings. The van der Waals surface area contributed by atoms with Crippen molar-refractivity contribution in [3.63, 3.8) is 0 Å². The van der Waals surface area contributed by atoms with Crippen molar-refractivity contribution in [3.05, 3.63) is 23.8 Å². The van der Waals surface area contributed by atoms with Crippen LogP contribution in [-0.4, -0.2) is 65.6 Å². The minimum Gasteiger partial charge on any atom is -0.506 e. The van der Waals surface area contributed by atoms with Crippen LogP contribution in [0.2, 0.25) is 0 Å². The van der Waals surface area contributed by atoms with Crippen LogP contribution in [0.1, 0.15) is 32.4 Å². The summed E-state index contributed by atoms with van der Waals surface area (Å²) >= 11 is 0. The first kappa shape index (κ1) is 24.0. The Hall–Kier alpha value is -2.00. The van der Waals surface area contributed by atoms with E-state index in [0.29, 0.717) is 29.6 Å². The largest absolute Gasteiger partial charge is 0.515 e. The molecule has 0 aliphatic heterocycles. The minimum absolute atomic E-state index is 0. The first-order chi connectivity index (χ1) is 12.6. The zero-order valence-electron chi connectivity index (χ0n) is 16.9. The molecule has 158 valence electrons. The number of aromatic hydroxyl groups is 1. The lowest BCUT2D eigenvalue weighted by Crippen LogP contribution is -2.38. The van der Waals surface area contributed by atoms with Gasteiger partial charge in [-0.2, -0.15) is 0 Å². The van der Waals surface area contributed by atoms with Crippen LogP contribution < -0.4 is 10.1 Å². The van der Waals surface area contributed by atoms with E-state index in [9.17, 15) is 15.0 Å². The van der Waals surface area contributed by atoms with E-state index >= 15 is 0 Å². The van der Waals surface area contributed by atoms with Gasteiger partial charge in [-0.3, -0.25) is 0 Å². The van der Waals surface area contributed by atoms with E-state index in [1.54, 1.807) is 12.1 Å². The Bertz CT molecular complexity index is 786. The number of nitrogens with zero attached hydrogens (tertiary/aromatic N) is 1. The van der Waals surface area contributed by atoms with Crippen LogP contribution in [0.3, 0.4) is 0 Å². The van der Waals surface area contributed by atoms with E-state index in [1.807, 2.05) is 39.8 Å². The van der Waals surface area contributed by atoms with Crippen LogP contribution in [0.4, 0.5) is 4.79 Å². The van der Waals surface area contributed by atoms with Gasteiger partial charge in [0.25, 0.3) is 0 Å². The van der Waals surface area contributed by atoms with Crippen LogP contribution in [0.25, 0.3) is 10.9 Å². The van der Waals surface area contributed by atoms with Crippen molar-refractivity contribution in [2.24, 2.45) is 0 Å². The lowest BCUT2D eigenvalue weighted by atomic mass is 10.0. The van der Waals surface area contributed by atoms with Gasteiger partial charge in [-0.25, -0.2) is 4.79 Å². The number of halogens is 1. The third-order valence-corrected chi connectivity index (χ3v) is 3.92. The highest BCUT2D eigenvalue weighted by molar-refractivity contribution is 5.90. The Morgan fingerprint density at radius 1 is 1.32 bits per heavy atom. The molecule has 1 aromatic heterocycles. The number of aliphatic hydroxyl groups is 1. The Morgan fingerprint density at radius 2 is 2.00 bits per heavy atom. The van der Waals surface area contributed by atoms with Crippen LogP contribution in [0.15, 0.2) is 18.2 Å². The van der Waals surface area contributed by atoms with Gasteiger partial charge in [-0.05, 0) is 46.5 Å². The monoisotopic (exact) mass is 415 g/mol. The second-order valence-electron chi connectivity index (χ2n) is 7.75. The number of rotatable bonds is 7. The molecule has 2 rings (SSSR count). The highest BCUT2D eigenvalue weighted by atomic mass is 35.5. The number of hydrogen-bond donors (Lipinski definition) is 4. The van der Waals surface area contributed by atoms with E-state index < -0.39 is 12.3 Å². The van der Waals surface area contributed by atoms with E-state index in [2.05, 4.69) is 10.3 Å². The number of carbonyl (C=O) groups excluding carboxylic acids is 1. The van der Waals surface area contributed by atoms with Crippen LogP contribution in [-0.2, 0) is 4.74 Å². The number of ether oxygens (including phenoxy) is 2. The molecular weight excluding hydrogens is 386 g/mol. The lowest BCUT2D eigenvalue weighted by Gasteiger charge is -2.23. The molecule has 0 aliphatic rings. The van der Waals surface area contributed by atoms with Gasteiger partial charge in [-0.1, -0.05) is 6.07 Å². The Morgan fingerprint density at radius 3 is 2.61 bits per heavy atom. The molecule has 0 aliphatic carbocycles. The summed E-state index contributed by atoms with van der Waals surface area (Å²) in [6.07, 6.45) is -1.62. The smallest absolute Gasteiger partial charge is 0.506 e. The average molecular weight is 416 g/mol. The molecule has 0 saturated carbocycles. The number of aliphatic hydroxyl groups excluding tert-OH is 1. The van der Waals surface area contributed by atoms with E-state index in [1.165, 1.54) is 6.07 Å². The van der Waals surface area contributed by atoms with Crippen molar-refractivity contribution in [2.75, 3.05) is 33.8 Å². The number of aromatic nitrogens is 1. The lowest BCUT2D eigenvalue weighted by molar-refractivity contribution is 0.0915. The zero-order chi connectivity index (χ0) is 20.2. The molecule has 0 radical (unpaired) electrons. The van der Waals surface area contributed by atoms with Gasteiger partial charge < -0.3 is 34.9 Å². The number of β-amino-alcohol motifs (C(OH)–C–C–N with tert-alkyl or cyclic N) is 1. The molecule has 1 unspecified atom stereocenters. The molecular formula is C19H30ClN3O5. The first-order valence-electron chi connectivity index (χ1n) is 8.84. The number of nitrogens with one attached hydrogen (secondary N) is 2. The molecule has 1 atom stereocenters. The van der Waals surface area contributed by atoms with Crippen LogP contribution in [0.5, 0.6) is 11.6 Å². The summed E-state index contributed by atoms with van der Waals surface area (Å²) in [6.45, 7) is 7.17. The number of aromatic amines is 1. The van der Waals surface area contributed by atoms with Crippen LogP contribution >= 0.6 is 12.4 Å². The fraction of sp³-hybridized carbons (Fsp3) is 0.526. The molecule has 2 aromatic rings. The van der Waals surface area contributed by atoms with Gasteiger partial charge >= 0.3 is 6.16 Å². The van der Waals surface area contributed by atoms with Crippen LogP contribution in [0, 0.1) is 0 Å². The predicted octanol–water partition coefficient (Wildman–Crippen LogP) is 2.79. The van der Waals surface area contributed by atoms with Crippen molar-refractivity contribution in [3.8, 4) is 11.6 Å². The molecule has 1 heterocycles. The van der Waals surface area contributed by atoms with Crippen molar-refractivity contribution >= 4 is 29.5 Å². The Labute approximate surface area is 171 Å². The molecule has 0 spiro atoms. The standard InChI is InChI=1S/C19H29N3O5.ClH/c1-19(2,3)20-11-15(24)12-6-7-14(23)17-13(12)10-16(21-17)27-18(25)26-9-8-22(4)5;/h6-7,10,15,20-21,23-24H,8-9,11H2,1-5H3;1H. The molecule has 1 aromatic carbocycles. The maximum absolute atomic E-state index is 11.8. The summed E-state index contributed by atoms with van der Waals surface area (Å²) in [5.74, 6) is 0.138. The second kappa shape index (κ2) is 9.97. The summed E-state index contributed by atoms with van der Waals surface area (Å²) < 4.78 is 10.1. The van der Waals surface area contributed by atoms with Gasteiger partial charge in [0.2, 0.25) is 5.88 Å². The fourth-order valence-corrected chi connectivity index (χ4v) is 2.49. The van der Waals surface area contributed by atoms with Gasteiger partial charge in [0.05, 0.1) is 11.6 Å². The van der Waals surface area contributed by atoms with Gasteiger partial charge in [0.1, 0.15) is 12.4 Å². The first-order valence-corrected chi connectivity index (χ1v) is 8.84. The SMILES string of the molecule is CN(C)CCOC(=O)Oc1cc2c(C(O)CNC(C)(C)C)ccc(O)c2[nH]1.Cl. The fourth-order valence-electron chi connectivity index (χ4n) is 2.49. The molecule has 0 bridgehead atoms. The van der Waals surface area contributed by atoms with Crippen molar-refractivity contribution in [1.29, 1.82) is 0 Å².